The summed E-state index contributed by atoms with van der Waals surface area (Å²) in [4.78, 5) is 15.1. The highest BCUT2D eigenvalue weighted by atomic mass is 79.9. The van der Waals surface area contributed by atoms with Crippen molar-refractivity contribution in [2.24, 2.45) is 0 Å². The molecule has 1 aliphatic rings. The highest BCUT2D eigenvalue weighted by Crippen LogP contribution is 2.34. The molecule has 162 valence electrons. The van der Waals surface area contributed by atoms with Gasteiger partial charge < -0.3 is 9.47 Å². The van der Waals surface area contributed by atoms with E-state index in [1.165, 1.54) is 11.8 Å². The summed E-state index contributed by atoms with van der Waals surface area (Å²) in [5, 5.41) is 0. The fourth-order valence-corrected chi connectivity index (χ4v) is 4.63. The van der Waals surface area contributed by atoms with E-state index in [4.69, 9.17) is 21.7 Å². The third kappa shape index (κ3) is 5.59. The van der Waals surface area contributed by atoms with Crippen LogP contribution < -0.4 is 9.47 Å². The van der Waals surface area contributed by atoms with Crippen LogP contribution in [0, 0.1) is 0 Å². The van der Waals surface area contributed by atoms with Gasteiger partial charge in [0, 0.05) is 4.47 Å². The Balaban J connectivity index is 1.39. The quantitative estimate of drug-likeness (QED) is 0.262. The third-order valence-corrected chi connectivity index (χ3v) is 6.78. The molecule has 0 bridgehead atoms. The van der Waals surface area contributed by atoms with Crippen LogP contribution in [0.15, 0.2) is 82.2 Å². The molecule has 4 rings (SSSR count). The van der Waals surface area contributed by atoms with Crippen LogP contribution in [0.1, 0.15) is 16.7 Å². The van der Waals surface area contributed by atoms with Gasteiger partial charge in [0.1, 0.15) is 22.4 Å². The third-order valence-electron chi connectivity index (χ3n) is 4.87. The number of benzene rings is 3. The van der Waals surface area contributed by atoms with Crippen molar-refractivity contribution in [1.29, 1.82) is 0 Å². The molecule has 0 saturated carbocycles. The number of methoxy groups -OCH3 is 1. The van der Waals surface area contributed by atoms with Crippen LogP contribution in [0.2, 0.25) is 0 Å². The lowest BCUT2D eigenvalue weighted by atomic mass is 10.2. The lowest BCUT2D eigenvalue weighted by Gasteiger charge is -2.14. The lowest BCUT2D eigenvalue weighted by molar-refractivity contribution is -0.122. The number of nitrogens with zero attached hydrogens (tertiary/aromatic N) is 1. The Morgan fingerprint density at radius 1 is 0.938 bits per heavy atom. The van der Waals surface area contributed by atoms with E-state index in [2.05, 4.69) is 15.9 Å². The number of halogens is 1. The van der Waals surface area contributed by atoms with Crippen molar-refractivity contribution in [2.45, 2.75) is 13.2 Å². The maximum absolute atomic E-state index is 12.9. The van der Waals surface area contributed by atoms with Crippen molar-refractivity contribution in [3.63, 3.8) is 0 Å². The Bertz CT molecular complexity index is 1140. The minimum absolute atomic E-state index is 0.0774. The Kier molecular flexibility index (Phi) is 7.29. The zero-order valence-corrected chi connectivity index (χ0v) is 20.5. The van der Waals surface area contributed by atoms with Crippen molar-refractivity contribution in [2.75, 3.05) is 7.11 Å². The molecule has 0 atom stereocenters. The largest absolute Gasteiger partial charge is 0.497 e. The summed E-state index contributed by atoms with van der Waals surface area (Å²) in [7, 11) is 1.63. The van der Waals surface area contributed by atoms with Crippen LogP contribution in [0.25, 0.3) is 6.08 Å². The van der Waals surface area contributed by atoms with E-state index in [0.29, 0.717) is 22.4 Å². The van der Waals surface area contributed by atoms with Gasteiger partial charge in [0.2, 0.25) is 0 Å². The summed E-state index contributed by atoms with van der Waals surface area (Å²) >= 11 is 10.2. The molecular weight excluding hydrogens is 506 g/mol. The van der Waals surface area contributed by atoms with E-state index < -0.39 is 0 Å². The fourth-order valence-electron chi connectivity index (χ4n) is 3.11. The Morgan fingerprint density at radius 3 is 2.22 bits per heavy atom. The zero-order chi connectivity index (χ0) is 22.5. The summed E-state index contributed by atoms with van der Waals surface area (Å²) in [6.07, 6.45) is 1.87. The Labute approximate surface area is 205 Å². The molecule has 0 aromatic heterocycles. The topological polar surface area (TPSA) is 38.8 Å². The van der Waals surface area contributed by atoms with E-state index in [1.807, 2.05) is 78.9 Å². The lowest BCUT2D eigenvalue weighted by Crippen LogP contribution is -2.27. The number of amides is 1. The highest BCUT2D eigenvalue weighted by Gasteiger charge is 2.31. The average molecular weight is 526 g/mol. The number of carbonyl (C=O) groups excluding carboxylic acids is 1. The average Bonchev–Trinajstić information content (AvgIpc) is 3.07. The Morgan fingerprint density at radius 2 is 1.56 bits per heavy atom. The molecule has 3 aromatic carbocycles. The van der Waals surface area contributed by atoms with Gasteiger partial charge in [0.25, 0.3) is 5.91 Å². The molecule has 32 heavy (non-hydrogen) atoms. The van der Waals surface area contributed by atoms with Crippen molar-refractivity contribution in [1.82, 2.24) is 4.90 Å². The second-order valence-electron chi connectivity index (χ2n) is 7.10. The molecule has 0 N–H and O–H groups in total. The second kappa shape index (κ2) is 10.3. The molecule has 1 heterocycles. The van der Waals surface area contributed by atoms with Crippen molar-refractivity contribution in [3.8, 4) is 11.5 Å². The molecular formula is C25H20BrNO3S2. The predicted octanol–water partition coefficient (Wildman–Crippen LogP) is 6.44. The van der Waals surface area contributed by atoms with Gasteiger partial charge in [-0.05, 0) is 59.2 Å². The summed E-state index contributed by atoms with van der Waals surface area (Å²) in [6, 6.07) is 23.3. The van der Waals surface area contributed by atoms with E-state index in [-0.39, 0.29) is 5.91 Å². The van der Waals surface area contributed by atoms with E-state index >= 15 is 0 Å². The molecule has 0 spiro atoms. The van der Waals surface area contributed by atoms with Gasteiger partial charge in [0.05, 0.1) is 18.6 Å². The first kappa shape index (κ1) is 22.6. The number of thiocarbonyl (C=S) groups is 1. The molecule has 1 fully saturated rings. The van der Waals surface area contributed by atoms with Crippen LogP contribution in [0.4, 0.5) is 0 Å². The zero-order valence-electron chi connectivity index (χ0n) is 17.3. The fraction of sp³-hybridized carbons (Fsp3) is 0.120. The monoisotopic (exact) mass is 525 g/mol. The smallest absolute Gasteiger partial charge is 0.266 e. The highest BCUT2D eigenvalue weighted by molar-refractivity contribution is 9.10. The van der Waals surface area contributed by atoms with Crippen LogP contribution in [-0.4, -0.2) is 22.2 Å². The van der Waals surface area contributed by atoms with Gasteiger partial charge >= 0.3 is 0 Å². The first-order chi connectivity index (χ1) is 15.5. The molecule has 1 aliphatic heterocycles. The first-order valence-corrected chi connectivity index (χ1v) is 11.9. The van der Waals surface area contributed by atoms with E-state index in [9.17, 15) is 4.79 Å². The summed E-state index contributed by atoms with van der Waals surface area (Å²) < 4.78 is 12.6. The molecule has 7 heteroatoms. The van der Waals surface area contributed by atoms with Gasteiger partial charge in [-0.1, -0.05) is 76.3 Å². The van der Waals surface area contributed by atoms with Crippen LogP contribution >= 0.6 is 39.9 Å². The summed E-state index contributed by atoms with van der Waals surface area (Å²) in [5.41, 5.74) is 3.01. The number of hydrogen-bond acceptors (Lipinski definition) is 5. The number of carbonyl (C=O) groups is 1. The second-order valence-corrected chi connectivity index (χ2v) is 9.69. The van der Waals surface area contributed by atoms with E-state index in [0.717, 1.165) is 32.7 Å². The number of rotatable bonds is 7. The molecule has 3 aromatic rings. The molecule has 0 unspecified atom stereocenters. The normalized spacial score (nSPS) is 14.8. The van der Waals surface area contributed by atoms with Crippen molar-refractivity contribution in [3.05, 3.63) is 98.9 Å². The summed E-state index contributed by atoms with van der Waals surface area (Å²) in [6.45, 7) is 0.936. The standard InChI is InChI=1S/C25H20BrNO3S2/c1-29-21-10-6-18(7-11-21)15-27-24(28)23(32-25(27)31)14-17-4-12-22(13-5-17)30-16-19-2-8-20(26)9-3-19/h2-14H,15-16H2,1H3/b23-14-. The van der Waals surface area contributed by atoms with Gasteiger partial charge in [-0.25, -0.2) is 0 Å². The predicted molar refractivity (Wildman–Crippen MR) is 137 cm³/mol. The maximum Gasteiger partial charge on any atom is 0.266 e. The molecule has 0 aliphatic carbocycles. The van der Waals surface area contributed by atoms with Crippen LogP contribution in [0.5, 0.6) is 11.5 Å². The SMILES string of the molecule is COc1ccc(CN2C(=O)/C(=C/c3ccc(OCc4ccc(Br)cc4)cc3)SC2=S)cc1. The molecule has 1 saturated heterocycles. The van der Waals surface area contributed by atoms with Gasteiger partial charge in [-0.15, -0.1) is 0 Å². The van der Waals surface area contributed by atoms with Gasteiger partial charge in [0.15, 0.2) is 0 Å². The van der Waals surface area contributed by atoms with E-state index in [1.54, 1.807) is 12.0 Å². The number of hydrogen-bond donors (Lipinski definition) is 0. The van der Waals surface area contributed by atoms with Gasteiger partial charge in [-0.2, -0.15) is 0 Å². The van der Waals surface area contributed by atoms with Crippen molar-refractivity contribution >= 4 is 56.2 Å². The maximum atomic E-state index is 12.9. The minimum Gasteiger partial charge on any atom is -0.497 e. The van der Waals surface area contributed by atoms with Crippen LogP contribution in [-0.2, 0) is 17.9 Å². The summed E-state index contributed by atoms with van der Waals surface area (Å²) in [5.74, 6) is 1.48. The van der Waals surface area contributed by atoms with Crippen molar-refractivity contribution < 1.29 is 14.3 Å². The molecule has 0 radical (unpaired) electrons. The first-order valence-electron chi connectivity index (χ1n) is 9.87. The molecule has 1 amide bonds. The number of ether oxygens (including phenoxy) is 2. The molecule has 4 nitrogen and oxygen atoms in total. The Hall–Kier alpha value is -2.61. The van der Waals surface area contributed by atoms with Gasteiger partial charge in [-0.3, -0.25) is 9.69 Å². The van der Waals surface area contributed by atoms with Crippen LogP contribution in [0.3, 0.4) is 0 Å². The number of thioether (sulfide) groups is 1. The minimum atomic E-state index is -0.0774.